The number of carbonyl (C=O) groups is 1. The molecule has 3 aromatic rings. The molecule has 3 rings (SSSR count). The Morgan fingerprint density at radius 3 is 2.60 bits per heavy atom. The number of nitrogens with one attached hydrogen (secondary N) is 2. The Morgan fingerprint density at radius 2 is 1.88 bits per heavy atom. The van der Waals surface area contributed by atoms with E-state index in [1.165, 1.54) is 30.5 Å². The summed E-state index contributed by atoms with van der Waals surface area (Å²) in [5, 5.41) is 14.3. The lowest BCUT2D eigenvalue weighted by Crippen LogP contribution is -2.14. The Bertz CT molecular complexity index is 950. The zero-order valence-corrected chi connectivity index (χ0v) is 12.9. The highest BCUT2D eigenvalue weighted by Crippen LogP contribution is 2.15. The van der Waals surface area contributed by atoms with E-state index in [9.17, 15) is 9.18 Å². The van der Waals surface area contributed by atoms with Gasteiger partial charge in [0.25, 0.3) is 5.91 Å². The number of anilines is 3. The van der Waals surface area contributed by atoms with Crippen LogP contribution in [0.2, 0.25) is 0 Å². The van der Waals surface area contributed by atoms with Gasteiger partial charge in [-0.1, -0.05) is 6.07 Å². The van der Waals surface area contributed by atoms with Crippen molar-refractivity contribution in [3.63, 3.8) is 0 Å². The van der Waals surface area contributed by atoms with Crippen LogP contribution in [0.3, 0.4) is 0 Å². The van der Waals surface area contributed by atoms with Gasteiger partial charge < -0.3 is 10.6 Å². The van der Waals surface area contributed by atoms with Crippen molar-refractivity contribution in [3.05, 3.63) is 77.9 Å². The van der Waals surface area contributed by atoms with Crippen molar-refractivity contribution in [1.29, 1.82) is 5.26 Å². The number of hydrogen-bond donors (Lipinski definition) is 2. The smallest absolute Gasteiger partial charge is 0.274 e. The summed E-state index contributed by atoms with van der Waals surface area (Å²) in [6.07, 6.45) is 1.44. The monoisotopic (exact) mass is 333 g/mol. The maximum Gasteiger partial charge on any atom is 0.274 e. The van der Waals surface area contributed by atoms with E-state index in [1.807, 2.05) is 6.07 Å². The first-order valence-corrected chi connectivity index (χ1v) is 7.31. The molecule has 0 aliphatic heterocycles. The average Bonchev–Trinajstić information content (AvgIpc) is 2.62. The summed E-state index contributed by atoms with van der Waals surface area (Å²) in [5.74, 6) is -0.684. The number of nitrogens with zero attached hydrogens (tertiary/aromatic N) is 3. The van der Waals surface area contributed by atoms with Gasteiger partial charge in [-0.15, -0.1) is 0 Å². The Kier molecular flexibility index (Phi) is 4.62. The molecule has 0 aliphatic carbocycles. The molecule has 25 heavy (non-hydrogen) atoms. The predicted molar refractivity (Wildman–Crippen MR) is 90.8 cm³/mol. The third-order valence-electron chi connectivity index (χ3n) is 3.24. The lowest BCUT2D eigenvalue weighted by molar-refractivity contribution is 0.102. The van der Waals surface area contributed by atoms with Crippen LogP contribution < -0.4 is 10.6 Å². The quantitative estimate of drug-likeness (QED) is 0.763. The van der Waals surface area contributed by atoms with Gasteiger partial charge in [0.15, 0.2) is 0 Å². The van der Waals surface area contributed by atoms with Crippen molar-refractivity contribution in [2.75, 3.05) is 10.6 Å². The summed E-state index contributed by atoms with van der Waals surface area (Å²) in [6.45, 7) is 0. The minimum absolute atomic E-state index is 0.135. The molecule has 6 nitrogen and oxygen atoms in total. The zero-order chi connectivity index (χ0) is 17.6. The summed E-state index contributed by atoms with van der Waals surface area (Å²) >= 11 is 0. The summed E-state index contributed by atoms with van der Waals surface area (Å²) in [7, 11) is 0. The van der Waals surface area contributed by atoms with Crippen LogP contribution in [0, 0.1) is 17.1 Å². The second kappa shape index (κ2) is 7.19. The fourth-order valence-electron chi connectivity index (χ4n) is 2.06. The summed E-state index contributed by atoms with van der Waals surface area (Å²) in [6, 6.07) is 15.8. The zero-order valence-electron chi connectivity index (χ0n) is 12.9. The first-order valence-electron chi connectivity index (χ1n) is 7.31. The molecule has 0 saturated heterocycles. The highest BCUT2D eigenvalue weighted by atomic mass is 19.1. The standard InChI is InChI=1S/C18H12FN5O/c19-13-2-1-3-15(10-13)22-17(25)16-8-9-21-18(24-16)23-14-6-4-12(11-20)5-7-14/h1-10H,(H,22,25)(H,21,23,24). The van der Waals surface area contributed by atoms with Crippen LogP contribution in [-0.4, -0.2) is 15.9 Å². The van der Waals surface area contributed by atoms with Crippen LogP contribution >= 0.6 is 0 Å². The number of hydrogen-bond acceptors (Lipinski definition) is 5. The Hall–Kier alpha value is -3.79. The van der Waals surface area contributed by atoms with Gasteiger partial charge >= 0.3 is 0 Å². The number of rotatable bonds is 4. The topological polar surface area (TPSA) is 90.7 Å². The summed E-state index contributed by atoms with van der Waals surface area (Å²) in [5.41, 5.74) is 1.69. The number of carbonyl (C=O) groups excluding carboxylic acids is 1. The molecule has 0 fully saturated rings. The molecule has 1 amide bonds. The minimum atomic E-state index is -0.476. The molecule has 0 spiro atoms. The van der Waals surface area contributed by atoms with Crippen LogP contribution in [0.25, 0.3) is 0 Å². The van der Waals surface area contributed by atoms with Crippen LogP contribution in [0.15, 0.2) is 60.8 Å². The van der Waals surface area contributed by atoms with Crippen molar-refractivity contribution < 1.29 is 9.18 Å². The Balaban J connectivity index is 1.74. The van der Waals surface area contributed by atoms with Gasteiger partial charge in [-0.05, 0) is 48.5 Å². The number of halogens is 1. The molecule has 0 unspecified atom stereocenters. The molecule has 122 valence electrons. The fourth-order valence-corrected chi connectivity index (χ4v) is 2.06. The summed E-state index contributed by atoms with van der Waals surface area (Å²) in [4.78, 5) is 20.4. The van der Waals surface area contributed by atoms with E-state index in [4.69, 9.17) is 5.26 Å². The van der Waals surface area contributed by atoms with E-state index in [-0.39, 0.29) is 11.6 Å². The van der Waals surface area contributed by atoms with Crippen LogP contribution in [0.4, 0.5) is 21.7 Å². The van der Waals surface area contributed by atoms with E-state index in [0.717, 1.165) is 0 Å². The average molecular weight is 333 g/mol. The molecule has 2 N–H and O–H groups in total. The molecule has 0 saturated carbocycles. The fraction of sp³-hybridized carbons (Fsp3) is 0. The van der Waals surface area contributed by atoms with Crippen molar-refractivity contribution >= 4 is 23.2 Å². The van der Waals surface area contributed by atoms with Gasteiger partial charge in [-0.3, -0.25) is 4.79 Å². The highest BCUT2D eigenvalue weighted by molar-refractivity contribution is 6.02. The molecule has 0 atom stereocenters. The molecule has 2 aromatic carbocycles. The first-order chi connectivity index (χ1) is 12.1. The van der Waals surface area contributed by atoms with Gasteiger partial charge in [0.1, 0.15) is 11.5 Å². The van der Waals surface area contributed by atoms with E-state index in [2.05, 4.69) is 20.6 Å². The number of aromatic nitrogens is 2. The van der Waals surface area contributed by atoms with E-state index in [1.54, 1.807) is 30.3 Å². The number of amides is 1. The van der Waals surface area contributed by atoms with Gasteiger partial charge in [-0.2, -0.15) is 5.26 Å². The molecule has 0 radical (unpaired) electrons. The maximum absolute atomic E-state index is 13.2. The predicted octanol–water partition coefficient (Wildman–Crippen LogP) is 3.48. The van der Waals surface area contributed by atoms with Crippen molar-refractivity contribution in [3.8, 4) is 6.07 Å². The molecule has 0 aliphatic rings. The molecule has 7 heteroatoms. The van der Waals surface area contributed by atoms with Crippen molar-refractivity contribution in [1.82, 2.24) is 9.97 Å². The van der Waals surface area contributed by atoms with Crippen LogP contribution in [-0.2, 0) is 0 Å². The lowest BCUT2D eigenvalue weighted by atomic mass is 10.2. The minimum Gasteiger partial charge on any atom is -0.324 e. The molecular weight excluding hydrogens is 321 g/mol. The van der Waals surface area contributed by atoms with Crippen molar-refractivity contribution in [2.45, 2.75) is 0 Å². The first kappa shape index (κ1) is 16.1. The second-order valence-corrected chi connectivity index (χ2v) is 5.04. The molecule has 1 heterocycles. The highest BCUT2D eigenvalue weighted by Gasteiger charge is 2.10. The Morgan fingerprint density at radius 1 is 1.08 bits per heavy atom. The van der Waals surface area contributed by atoms with E-state index < -0.39 is 11.7 Å². The van der Waals surface area contributed by atoms with Gasteiger partial charge in [0.05, 0.1) is 11.6 Å². The van der Waals surface area contributed by atoms with Crippen molar-refractivity contribution in [2.24, 2.45) is 0 Å². The van der Waals surface area contributed by atoms with Gasteiger partial charge in [0, 0.05) is 17.6 Å². The maximum atomic E-state index is 13.2. The Labute approximate surface area is 143 Å². The van der Waals surface area contributed by atoms with E-state index in [0.29, 0.717) is 16.9 Å². The molecular formula is C18H12FN5O. The molecule has 1 aromatic heterocycles. The second-order valence-electron chi connectivity index (χ2n) is 5.04. The van der Waals surface area contributed by atoms with Gasteiger partial charge in [-0.25, -0.2) is 14.4 Å². The van der Waals surface area contributed by atoms with Gasteiger partial charge in [0.2, 0.25) is 5.95 Å². The number of benzene rings is 2. The molecule has 0 bridgehead atoms. The SMILES string of the molecule is N#Cc1ccc(Nc2nccc(C(=O)Nc3cccc(F)c3)n2)cc1. The normalized spacial score (nSPS) is 9.92. The number of nitriles is 1. The largest absolute Gasteiger partial charge is 0.324 e. The summed E-state index contributed by atoms with van der Waals surface area (Å²) < 4.78 is 13.2. The third kappa shape index (κ3) is 4.14. The van der Waals surface area contributed by atoms with E-state index >= 15 is 0 Å². The third-order valence-corrected chi connectivity index (χ3v) is 3.24. The van der Waals surface area contributed by atoms with Crippen LogP contribution in [0.5, 0.6) is 0 Å². The lowest BCUT2D eigenvalue weighted by Gasteiger charge is -2.07. The van der Waals surface area contributed by atoms with Crippen LogP contribution in [0.1, 0.15) is 16.1 Å².